The largest absolute Gasteiger partial charge is 0.477 e. The van der Waals surface area contributed by atoms with Crippen LogP contribution in [0.5, 0.6) is 5.88 Å². The molecule has 0 atom stereocenters. The number of unbranched alkanes of at least 4 members (excludes halogenated alkanes) is 1. The molecule has 3 aromatic rings. The van der Waals surface area contributed by atoms with E-state index < -0.39 is 0 Å². The Morgan fingerprint density at radius 2 is 2.13 bits per heavy atom. The highest BCUT2D eigenvalue weighted by Gasteiger charge is 2.15. The molecule has 0 amide bonds. The third-order valence-corrected chi connectivity index (χ3v) is 3.60. The van der Waals surface area contributed by atoms with Gasteiger partial charge in [0.1, 0.15) is 12.0 Å². The number of nitrogens with zero attached hydrogens (tertiary/aromatic N) is 2. The lowest BCUT2D eigenvalue weighted by atomic mass is 10.1. The summed E-state index contributed by atoms with van der Waals surface area (Å²) in [6.45, 7) is 4.85. The maximum atomic E-state index is 11.9. The van der Waals surface area contributed by atoms with Crippen molar-refractivity contribution in [2.45, 2.75) is 26.7 Å². The fourth-order valence-electron chi connectivity index (χ4n) is 2.46. The highest BCUT2D eigenvalue weighted by Crippen LogP contribution is 2.31. The number of ether oxygens (including phenoxy) is 2. The number of aromatic nitrogens is 3. The number of fused-ring (bicyclic) bond motifs is 3. The number of aromatic amines is 1. The first kappa shape index (κ1) is 15.3. The summed E-state index contributed by atoms with van der Waals surface area (Å²) in [6, 6.07) is 5.38. The zero-order valence-electron chi connectivity index (χ0n) is 13.3. The van der Waals surface area contributed by atoms with E-state index in [1.165, 1.54) is 6.33 Å². The minimum absolute atomic E-state index is 0.339. The molecule has 6 nitrogen and oxygen atoms in total. The molecule has 2 heterocycles. The molecule has 120 valence electrons. The molecule has 0 saturated carbocycles. The fourth-order valence-corrected chi connectivity index (χ4v) is 2.46. The van der Waals surface area contributed by atoms with Crippen LogP contribution in [0.25, 0.3) is 21.9 Å². The quantitative estimate of drug-likeness (QED) is 0.557. The molecule has 2 aromatic heterocycles. The van der Waals surface area contributed by atoms with Gasteiger partial charge in [0.15, 0.2) is 0 Å². The van der Waals surface area contributed by atoms with E-state index in [1.807, 2.05) is 6.07 Å². The first-order chi connectivity index (χ1) is 11.2. The van der Waals surface area contributed by atoms with Gasteiger partial charge in [-0.25, -0.2) is 14.8 Å². The molecule has 0 aliphatic carbocycles. The average molecular weight is 313 g/mol. The third kappa shape index (κ3) is 2.97. The lowest BCUT2D eigenvalue weighted by molar-refractivity contribution is 0.0526. The molecule has 1 aromatic carbocycles. The Hall–Kier alpha value is -2.63. The molecule has 0 saturated heterocycles. The highest BCUT2D eigenvalue weighted by atomic mass is 16.5. The monoisotopic (exact) mass is 313 g/mol. The Labute approximate surface area is 133 Å². The van der Waals surface area contributed by atoms with Gasteiger partial charge in [-0.05, 0) is 31.5 Å². The van der Waals surface area contributed by atoms with Crippen LogP contribution in [0.3, 0.4) is 0 Å². The standard InChI is InChI=1S/C17H19N3O3/c1-3-5-8-23-16-14-12-9-11(17(21)22-4-2)6-7-13(12)20-15(14)18-10-19-16/h6-7,9-10H,3-5,8H2,1-2H3,(H,18,19,20). The maximum Gasteiger partial charge on any atom is 0.338 e. The Bertz CT molecular complexity index is 842. The molecular weight excluding hydrogens is 294 g/mol. The summed E-state index contributed by atoms with van der Waals surface area (Å²) in [5.74, 6) is 0.199. The number of hydrogen-bond acceptors (Lipinski definition) is 5. The Balaban J connectivity index is 2.09. The number of hydrogen-bond donors (Lipinski definition) is 1. The molecule has 0 bridgehead atoms. The number of nitrogens with one attached hydrogen (secondary N) is 1. The summed E-state index contributed by atoms with van der Waals surface area (Å²) in [7, 11) is 0. The molecule has 0 aliphatic rings. The molecular formula is C17H19N3O3. The lowest BCUT2D eigenvalue weighted by Crippen LogP contribution is -2.04. The molecule has 0 spiro atoms. The first-order valence-electron chi connectivity index (χ1n) is 7.81. The molecule has 0 radical (unpaired) electrons. The molecule has 0 aliphatic heterocycles. The van der Waals surface area contributed by atoms with Gasteiger partial charge in [-0.15, -0.1) is 0 Å². The second kappa shape index (κ2) is 6.64. The van der Waals surface area contributed by atoms with Crippen molar-refractivity contribution >= 4 is 27.9 Å². The van der Waals surface area contributed by atoms with Gasteiger partial charge >= 0.3 is 5.97 Å². The minimum atomic E-state index is -0.339. The van der Waals surface area contributed by atoms with E-state index >= 15 is 0 Å². The lowest BCUT2D eigenvalue weighted by Gasteiger charge is -2.05. The van der Waals surface area contributed by atoms with E-state index in [0.29, 0.717) is 30.3 Å². The van der Waals surface area contributed by atoms with Crippen LogP contribution >= 0.6 is 0 Å². The second-order valence-electron chi connectivity index (χ2n) is 5.21. The number of carbonyl (C=O) groups excluding carboxylic acids is 1. The van der Waals surface area contributed by atoms with Gasteiger partial charge in [0.05, 0.1) is 24.2 Å². The summed E-state index contributed by atoms with van der Waals surface area (Å²) in [5, 5.41) is 1.66. The van der Waals surface area contributed by atoms with Crippen LogP contribution in [0, 0.1) is 0 Å². The van der Waals surface area contributed by atoms with Crippen LogP contribution in [0.4, 0.5) is 0 Å². The fraction of sp³-hybridized carbons (Fsp3) is 0.353. The van der Waals surface area contributed by atoms with Crippen molar-refractivity contribution in [3.05, 3.63) is 30.1 Å². The molecule has 23 heavy (non-hydrogen) atoms. The Morgan fingerprint density at radius 3 is 2.91 bits per heavy atom. The van der Waals surface area contributed by atoms with E-state index in [4.69, 9.17) is 9.47 Å². The van der Waals surface area contributed by atoms with Crippen molar-refractivity contribution < 1.29 is 14.3 Å². The van der Waals surface area contributed by atoms with Crippen LogP contribution in [-0.4, -0.2) is 34.1 Å². The molecule has 6 heteroatoms. The molecule has 3 rings (SSSR count). The number of esters is 1. The van der Waals surface area contributed by atoms with Crippen molar-refractivity contribution in [3.8, 4) is 5.88 Å². The van der Waals surface area contributed by atoms with Crippen LogP contribution in [0.15, 0.2) is 24.5 Å². The third-order valence-electron chi connectivity index (χ3n) is 3.60. The van der Waals surface area contributed by atoms with E-state index in [2.05, 4.69) is 21.9 Å². The van der Waals surface area contributed by atoms with Gasteiger partial charge in [-0.1, -0.05) is 13.3 Å². The van der Waals surface area contributed by atoms with Gasteiger partial charge < -0.3 is 14.5 Å². The van der Waals surface area contributed by atoms with Gasteiger partial charge in [-0.2, -0.15) is 0 Å². The predicted octanol–water partition coefficient (Wildman–Crippen LogP) is 3.47. The van der Waals surface area contributed by atoms with Gasteiger partial charge in [0.2, 0.25) is 5.88 Å². The van der Waals surface area contributed by atoms with Gasteiger partial charge in [0, 0.05) is 10.9 Å². The molecule has 1 N–H and O–H groups in total. The molecule has 0 fully saturated rings. The second-order valence-corrected chi connectivity index (χ2v) is 5.21. The summed E-state index contributed by atoms with van der Waals surface area (Å²) in [6.07, 6.45) is 3.49. The number of rotatable bonds is 6. The minimum Gasteiger partial charge on any atom is -0.477 e. The van der Waals surface area contributed by atoms with Crippen molar-refractivity contribution in [2.75, 3.05) is 13.2 Å². The van der Waals surface area contributed by atoms with Crippen molar-refractivity contribution in [1.82, 2.24) is 15.0 Å². The van der Waals surface area contributed by atoms with Gasteiger partial charge in [-0.3, -0.25) is 0 Å². The van der Waals surface area contributed by atoms with Crippen molar-refractivity contribution in [3.63, 3.8) is 0 Å². The summed E-state index contributed by atoms with van der Waals surface area (Å²) in [5.41, 5.74) is 2.08. The van der Waals surface area contributed by atoms with Crippen LogP contribution in [0.2, 0.25) is 0 Å². The summed E-state index contributed by atoms with van der Waals surface area (Å²) >= 11 is 0. The van der Waals surface area contributed by atoms with Crippen molar-refractivity contribution in [1.29, 1.82) is 0 Å². The maximum absolute atomic E-state index is 11.9. The van der Waals surface area contributed by atoms with Gasteiger partial charge in [0.25, 0.3) is 0 Å². The SMILES string of the molecule is CCCCOc1ncnc2[nH]c3ccc(C(=O)OCC)cc3c12. The number of carbonyl (C=O) groups is 1. The van der Waals surface area contributed by atoms with Crippen molar-refractivity contribution in [2.24, 2.45) is 0 Å². The topological polar surface area (TPSA) is 77.1 Å². The van der Waals surface area contributed by atoms with E-state index in [0.717, 1.165) is 29.1 Å². The normalized spacial score (nSPS) is 11.0. The zero-order valence-corrected chi connectivity index (χ0v) is 13.3. The highest BCUT2D eigenvalue weighted by molar-refractivity contribution is 6.10. The first-order valence-corrected chi connectivity index (χ1v) is 7.81. The smallest absolute Gasteiger partial charge is 0.338 e. The number of benzene rings is 1. The van der Waals surface area contributed by atoms with E-state index in [1.54, 1.807) is 19.1 Å². The Kier molecular flexibility index (Phi) is 4.41. The van der Waals surface area contributed by atoms with E-state index in [-0.39, 0.29) is 5.97 Å². The summed E-state index contributed by atoms with van der Waals surface area (Å²) in [4.78, 5) is 23.7. The molecule has 0 unspecified atom stereocenters. The number of H-pyrrole nitrogens is 1. The van der Waals surface area contributed by atoms with Crippen LogP contribution in [0.1, 0.15) is 37.0 Å². The van der Waals surface area contributed by atoms with Crippen LogP contribution < -0.4 is 4.74 Å². The average Bonchev–Trinajstić information content (AvgIpc) is 2.93. The summed E-state index contributed by atoms with van der Waals surface area (Å²) < 4.78 is 10.9. The Morgan fingerprint density at radius 1 is 1.26 bits per heavy atom. The predicted molar refractivity (Wildman–Crippen MR) is 87.8 cm³/mol. The van der Waals surface area contributed by atoms with Crippen LogP contribution in [-0.2, 0) is 4.74 Å². The van der Waals surface area contributed by atoms with E-state index in [9.17, 15) is 4.79 Å². The zero-order chi connectivity index (χ0) is 16.2.